The lowest BCUT2D eigenvalue weighted by atomic mass is 10.0. The smallest absolute Gasteiger partial charge is 0.146 e. The van der Waals surface area contributed by atoms with Crippen molar-refractivity contribution >= 4 is 11.6 Å². The Morgan fingerprint density at radius 3 is 2.43 bits per heavy atom. The minimum atomic E-state index is 0.395. The normalized spacial score (nSPS) is 12.2. The Bertz CT molecular complexity index is 580. The highest BCUT2D eigenvalue weighted by Gasteiger charge is 2.08. The molecule has 3 heteroatoms. The fraction of sp³-hybridized carbons (Fsp3) is 0.333. The van der Waals surface area contributed by atoms with Gasteiger partial charge in [0, 0.05) is 6.04 Å². The molecule has 112 valence electrons. The molecule has 2 nitrogen and oxygen atoms in total. The van der Waals surface area contributed by atoms with Crippen molar-refractivity contribution in [2.75, 3.05) is 6.54 Å². The SMILES string of the molecule is CCNC(CC)c1ccc(Oc2cc(C)ccc2Cl)cc1. The first-order valence-electron chi connectivity index (χ1n) is 7.41. The molecule has 0 aliphatic heterocycles. The van der Waals surface area contributed by atoms with Crippen LogP contribution in [0.5, 0.6) is 11.5 Å². The third-order valence-electron chi connectivity index (χ3n) is 3.46. The lowest BCUT2D eigenvalue weighted by Gasteiger charge is -2.16. The summed E-state index contributed by atoms with van der Waals surface area (Å²) >= 11 is 6.16. The molecule has 0 aromatic heterocycles. The topological polar surface area (TPSA) is 21.3 Å². The first kappa shape index (κ1) is 15.9. The zero-order valence-electron chi connectivity index (χ0n) is 12.8. The monoisotopic (exact) mass is 303 g/mol. The van der Waals surface area contributed by atoms with E-state index >= 15 is 0 Å². The van der Waals surface area contributed by atoms with Gasteiger partial charge in [-0.05, 0) is 55.3 Å². The number of hydrogen-bond acceptors (Lipinski definition) is 2. The maximum absolute atomic E-state index is 6.16. The molecule has 0 saturated carbocycles. The second-order valence-corrected chi connectivity index (χ2v) is 5.53. The summed E-state index contributed by atoms with van der Waals surface area (Å²) in [5, 5.41) is 4.10. The van der Waals surface area contributed by atoms with Crippen LogP contribution in [0.3, 0.4) is 0 Å². The molecule has 21 heavy (non-hydrogen) atoms. The molecule has 0 fully saturated rings. The molecule has 0 spiro atoms. The number of nitrogens with one attached hydrogen (secondary N) is 1. The van der Waals surface area contributed by atoms with Gasteiger partial charge in [-0.25, -0.2) is 0 Å². The van der Waals surface area contributed by atoms with E-state index in [1.807, 2.05) is 37.3 Å². The first-order chi connectivity index (χ1) is 10.1. The lowest BCUT2D eigenvalue weighted by Crippen LogP contribution is -2.19. The van der Waals surface area contributed by atoms with Gasteiger partial charge in [0.1, 0.15) is 11.5 Å². The van der Waals surface area contributed by atoms with Crippen LogP contribution >= 0.6 is 11.6 Å². The van der Waals surface area contributed by atoms with E-state index in [-0.39, 0.29) is 0 Å². The summed E-state index contributed by atoms with van der Waals surface area (Å²) in [5.41, 5.74) is 2.41. The molecule has 0 bridgehead atoms. The number of ether oxygens (including phenoxy) is 1. The Balaban J connectivity index is 2.13. The van der Waals surface area contributed by atoms with Crippen molar-refractivity contribution in [3.05, 3.63) is 58.6 Å². The van der Waals surface area contributed by atoms with E-state index in [1.54, 1.807) is 0 Å². The van der Waals surface area contributed by atoms with Crippen molar-refractivity contribution in [3.63, 3.8) is 0 Å². The molecule has 1 unspecified atom stereocenters. The van der Waals surface area contributed by atoms with Gasteiger partial charge >= 0.3 is 0 Å². The molecule has 0 aliphatic carbocycles. The number of benzene rings is 2. The van der Waals surface area contributed by atoms with Crippen LogP contribution in [-0.2, 0) is 0 Å². The Hall–Kier alpha value is -1.51. The van der Waals surface area contributed by atoms with Gasteiger partial charge in [0.05, 0.1) is 5.02 Å². The fourth-order valence-electron chi connectivity index (χ4n) is 2.33. The van der Waals surface area contributed by atoms with Gasteiger partial charge in [-0.1, -0.05) is 43.6 Å². The van der Waals surface area contributed by atoms with Crippen LogP contribution in [0.25, 0.3) is 0 Å². The van der Waals surface area contributed by atoms with Gasteiger partial charge in [-0.15, -0.1) is 0 Å². The molecule has 0 radical (unpaired) electrons. The summed E-state index contributed by atoms with van der Waals surface area (Å²) in [5.74, 6) is 1.50. The van der Waals surface area contributed by atoms with E-state index in [0.717, 1.165) is 24.3 Å². The number of halogens is 1. The standard InChI is InChI=1S/C18H22ClNO/c1-4-17(20-5-2)14-7-9-15(10-8-14)21-18-12-13(3)6-11-16(18)19/h6-12,17,20H,4-5H2,1-3H3. The number of rotatable bonds is 6. The summed E-state index contributed by atoms with van der Waals surface area (Å²) in [7, 11) is 0. The molecule has 0 heterocycles. The van der Waals surface area contributed by atoms with Crippen molar-refractivity contribution < 1.29 is 4.74 Å². The summed E-state index contributed by atoms with van der Waals surface area (Å²) < 4.78 is 5.87. The molecule has 2 aromatic carbocycles. The van der Waals surface area contributed by atoms with Gasteiger partial charge in [0.25, 0.3) is 0 Å². The largest absolute Gasteiger partial charge is 0.456 e. The van der Waals surface area contributed by atoms with Crippen molar-refractivity contribution in [1.29, 1.82) is 0 Å². The van der Waals surface area contributed by atoms with E-state index in [4.69, 9.17) is 16.3 Å². The number of hydrogen-bond donors (Lipinski definition) is 1. The van der Waals surface area contributed by atoms with Crippen LogP contribution in [0.2, 0.25) is 5.02 Å². The third kappa shape index (κ3) is 4.23. The van der Waals surface area contributed by atoms with Gasteiger partial charge in [0.15, 0.2) is 0 Å². The van der Waals surface area contributed by atoms with E-state index < -0.39 is 0 Å². The van der Waals surface area contributed by atoms with Gasteiger partial charge in [0.2, 0.25) is 0 Å². The Morgan fingerprint density at radius 1 is 1.10 bits per heavy atom. The van der Waals surface area contributed by atoms with Gasteiger partial charge < -0.3 is 10.1 Å². The Morgan fingerprint density at radius 2 is 1.81 bits per heavy atom. The lowest BCUT2D eigenvalue weighted by molar-refractivity contribution is 0.481. The van der Waals surface area contributed by atoms with Crippen LogP contribution < -0.4 is 10.1 Å². The zero-order chi connectivity index (χ0) is 15.2. The minimum Gasteiger partial charge on any atom is -0.456 e. The first-order valence-corrected chi connectivity index (χ1v) is 7.79. The summed E-state index contributed by atoms with van der Waals surface area (Å²) in [6.45, 7) is 7.30. The van der Waals surface area contributed by atoms with Gasteiger partial charge in [-0.2, -0.15) is 0 Å². The van der Waals surface area contributed by atoms with Crippen LogP contribution in [0.4, 0.5) is 0 Å². The average Bonchev–Trinajstić information content (AvgIpc) is 2.49. The fourth-order valence-corrected chi connectivity index (χ4v) is 2.48. The van der Waals surface area contributed by atoms with Crippen molar-refractivity contribution in [3.8, 4) is 11.5 Å². The highest BCUT2D eigenvalue weighted by molar-refractivity contribution is 6.32. The Labute approximate surface area is 132 Å². The van der Waals surface area contributed by atoms with Crippen molar-refractivity contribution in [2.45, 2.75) is 33.2 Å². The third-order valence-corrected chi connectivity index (χ3v) is 3.77. The second-order valence-electron chi connectivity index (χ2n) is 5.12. The molecule has 1 atom stereocenters. The molecule has 2 rings (SSSR count). The number of aryl methyl sites for hydroxylation is 1. The average molecular weight is 304 g/mol. The molecule has 0 amide bonds. The maximum atomic E-state index is 6.16. The van der Waals surface area contributed by atoms with Crippen molar-refractivity contribution in [2.24, 2.45) is 0 Å². The van der Waals surface area contributed by atoms with Crippen LogP contribution in [0.1, 0.15) is 37.4 Å². The summed E-state index contributed by atoms with van der Waals surface area (Å²) in [6.07, 6.45) is 1.07. The van der Waals surface area contributed by atoms with Crippen LogP contribution in [-0.4, -0.2) is 6.54 Å². The predicted octanol–water partition coefficient (Wildman–Crippen LogP) is 5.50. The molecule has 0 saturated heterocycles. The van der Waals surface area contributed by atoms with Crippen LogP contribution in [0, 0.1) is 6.92 Å². The van der Waals surface area contributed by atoms with E-state index in [2.05, 4.69) is 31.3 Å². The van der Waals surface area contributed by atoms with E-state index in [9.17, 15) is 0 Å². The second kappa shape index (κ2) is 7.48. The highest BCUT2D eigenvalue weighted by atomic mass is 35.5. The zero-order valence-corrected chi connectivity index (χ0v) is 13.6. The molecule has 1 N–H and O–H groups in total. The van der Waals surface area contributed by atoms with E-state index in [0.29, 0.717) is 16.8 Å². The highest BCUT2D eigenvalue weighted by Crippen LogP contribution is 2.30. The van der Waals surface area contributed by atoms with Crippen LogP contribution in [0.15, 0.2) is 42.5 Å². The summed E-state index contributed by atoms with van der Waals surface area (Å²) in [6, 6.07) is 14.4. The maximum Gasteiger partial charge on any atom is 0.146 e. The minimum absolute atomic E-state index is 0.395. The molecule has 2 aromatic rings. The molecule has 0 aliphatic rings. The van der Waals surface area contributed by atoms with Crippen molar-refractivity contribution in [1.82, 2.24) is 5.32 Å². The van der Waals surface area contributed by atoms with E-state index in [1.165, 1.54) is 5.56 Å². The molecular weight excluding hydrogens is 282 g/mol. The van der Waals surface area contributed by atoms with Gasteiger partial charge in [-0.3, -0.25) is 0 Å². The summed E-state index contributed by atoms with van der Waals surface area (Å²) in [4.78, 5) is 0. The Kier molecular flexibility index (Phi) is 5.66. The predicted molar refractivity (Wildman–Crippen MR) is 89.4 cm³/mol. The molecular formula is C18H22ClNO. The quantitative estimate of drug-likeness (QED) is 0.760.